The number of benzene rings is 2. The maximum absolute atomic E-state index is 4.64. The van der Waals surface area contributed by atoms with Gasteiger partial charge in [-0.15, -0.1) is 0 Å². The van der Waals surface area contributed by atoms with Gasteiger partial charge >= 0.3 is 0 Å². The molecule has 4 aromatic rings. The molecule has 0 saturated heterocycles. The van der Waals surface area contributed by atoms with E-state index in [9.17, 15) is 0 Å². The van der Waals surface area contributed by atoms with Gasteiger partial charge in [0.1, 0.15) is 18.7 Å². The minimum Gasteiger partial charge on any atom is -0.219 e. The van der Waals surface area contributed by atoms with E-state index in [-0.39, 0.29) is 0 Å². The van der Waals surface area contributed by atoms with Crippen LogP contribution in [0.1, 0.15) is 28.3 Å². The van der Waals surface area contributed by atoms with Crippen molar-refractivity contribution >= 4 is 10.9 Å². The summed E-state index contributed by atoms with van der Waals surface area (Å²) in [6.07, 6.45) is 0. The summed E-state index contributed by atoms with van der Waals surface area (Å²) in [5, 5.41) is 1.14. The molecule has 28 heavy (non-hydrogen) atoms. The molecule has 140 valence electrons. The summed E-state index contributed by atoms with van der Waals surface area (Å²) < 4.78 is 2.26. The van der Waals surface area contributed by atoms with Crippen molar-refractivity contribution in [2.45, 2.75) is 34.6 Å². The maximum atomic E-state index is 4.64. The SMILES string of the molecule is Cc1cc(C)c(C)c(-c2cc(-c3nc(C)nc(C)n3)c3ccccc3[n+]2C)c1. The van der Waals surface area contributed by atoms with Gasteiger partial charge in [-0.1, -0.05) is 23.8 Å². The Bertz CT molecular complexity index is 1200. The Kier molecular flexibility index (Phi) is 4.42. The zero-order valence-corrected chi connectivity index (χ0v) is 17.3. The summed E-state index contributed by atoms with van der Waals surface area (Å²) in [4.78, 5) is 13.6. The van der Waals surface area contributed by atoms with E-state index >= 15 is 0 Å². The molecular formula is C24H25N4+. The third kappa shape index (κ3) is 3.05. The molecule has 0 radical (unpaired) electrons. The van der Waals surface area contributed by atoms with E-state index < -0.39 is 0 Å². The van der Waals surface area contributed by atoms with E-state index in [0.717, 1.165) is 39.6 Å². The number of hydrogen-bond donors (Lipinski definition) is 0. The smallest absolute Gasteiger partial charge is 0.213 e. The zero-order chi connectivity index (χ0) is 20.0. The van der Waals surface area contributed by atoms with Crippen molar-refractivity contribution in [3.8, 4) is 22.6 Å². The van der Waals surface area contributed by atoms with Crippen molar-refractivity contribution in [3.05, 3.63) is 70.8 Å². The first-order valence-electron chi connectivity index (χ1n) is 9.55. The van der Waals surface area contributed by atoms with Gasteiger partial charge in [-0.3, -0.25) is 0 Å². The lowest BCUT2D eigenvalue weighted by molar-refractivity contribution is -0.633. The lowest BCUT2D eigenvalue weighted by atomic mass is 9.95. The normalized spacial score (nSPS) is 11.2. The van der Waals surface area contributed by atoms with E-state index in [1.165, 1.54) is 22.3 Å². The van der Waals surface area contributed by atoms with E-state index in [4.69, 9.17) is 0 Å². The number of nitrogens with zero attached hydrogens (tertiary/aromatic N) is 4. The Morgan fingerprint density at radius 2 is 1.43 bits per heavy atom. The molecule has 0 amide bonds. The molecule has 4 nitrogen and oxygen atoms in total. The van der Waals surface area contributed by atoms with Crippen molar-refractivity contribution in [2.24, 2.45) is 7.05 Å². The number of hydrogen-bond acceptors (Lipinski definition) is 3. The molecule has 0 saturated carbocycles. The maximum Gasteiger partial charge on any atom is 0.213 e. The van der Waals surface area contributed by atoms with E-state index in [2.05, 4.69) is 89.8 Å². The standard InChI is InChI=1S/C24H25N4/c1-14-11-15(2)16(3)20(12-14)23-13-21(24-26-17(4)25-18(5)27-24)19-9-7-8-10-22(19)28(23)6/h7-13H,1-6H3/q+1. The highest BCUT2D eigenvalue weighted by Crippen LogP contribution is 2.31. The van der Waals surface area contributed by atoms with Crippen LogP contribution in [-0.2, 0) is 7.05 Å². The number of fused-ring (bicyclic) bond motifs is 1. The minimum atomic E-state index is 0.727. The van der Waals surface area contributed by atoms with Crippen LogP contribution in [0.4, 0.5) is 0 Å². The molecule has 0 aliphatic rings. The second kappa shape index (κ2) is 6.79. The number of rotatable bonds is 2. The Morgan fingerprint density at radius 3 is 2.14 bits per heavy atom. The minimum absolute atomic E-state index is 0.727. The Morgan fingerprint density at radius 1 is 0.750 bits per heavy atom. The van der Waals surface area contributed by atoms with Crippen LogP contribution in [0.25, 0.3) is 33.5 Å². The van der Waals surface area contributed by atoms with Crippen molar-refractivity contribution < 1.29 is 4.57 Å². The van der Waals surface area contributed by atoms with Gasteiger partial charge in [0.25, 0.3) is 0 Å². The molecule has 0 bridgehead atoms. The Balaban J connectivity index is 2.11. The number of para-hydroxylation sites is 1. The number of aromatic nitrogens is 4. The van der Waals surface area contributed by atoms with Crippen LogP contribution in [0.3, 0.4) is 0 Å². The van der Waals surface area contributed by atoms with Gasteiger partial charge in [0.2, 0.25) is 11.2 Å². The first-order valence-corrected chi connectivity index (χ1v) is 9.55. The summed E-state index contributed by atoms with van der Waals surface area (Å²) in [6.45, 7) is 10.3. The molecule has 0 aliphatic carbocycles. The lowest BCUT2D eigenvalue weighted by Gasteiger charge is -2.13. The zero-order valence-electron chi connectivity index (χ0n) is 17.3. The number of aryl methyl sites for hydroxylation is 5. The van der Waals surface area contributed by atoms with Crippen molar-refractivity contribution in [3.63, 3.8) is 0 Å². The molecule has 0 aliphatic heterocycles. The molecule has 0 atom stereocenters. The molecule has 0 N–H and O–H groups in total. The first kappa shape index (κ1) is 18.2. The summed E-state index contributed by atoms with van der Waals surface area (Å²) in [6, 6.07) is 15.2. The average Bonchev–Trinajstić information content (AvgIpc) is 2.64. The molecule has 2 aromatic heterocycles. The highest BCUT2D eigenvalue weighted by molar-refractivity contribution is 5.92. The summed E-state index contributed by atoms with van der Waals surface area (Å²) in [7, 11) is 2.13. The van der Waals surface area contributed by atoms with Crippen LogP contribution in [0.2, 0.25) is 0 Å². The van der Waals surface area contributed by atoms with Crippen LogP contribution in [0, 0.1) is 34.6 Å². The van der Waals surface area contributed by atoms with Crippen LogP contribution in [-0.4, -0.2) is 15.0 Å². The van der Waals surface area contributed by atoms with Gasteiger partial charge in [-0.05, 0) is 57.9 Å². The number of pyridine rings is 1. The van der Waals surface area contributed by atoms with Gasteiger partial charge in [0.05, 0.1) is 5.39 Å². The van der Waals surface area contributed by atoms with Crippen LogP contribution in [0.5, 0.6) is 0 Å². The third-order valence-corrected chi connectivity index (χ3v) is 5.39. The molecule has 0 fully saturated rings. The Labute approximate surface area is 166 Å². The molecule has 0 unspecified atom stereocenters. The topological polar surface area (TPSA) is 42.6 Å². The van der Waals surface area contributed by atoms with E-state index in [1.54, 1.807) is 0 Å². The highest BCUT2D eigenvalue weighted by Gasteiger charge is 2.22. The second-order valence-electron chi connectivity index (χ2n) is 7.53. The van der Waals surface area contributed by atoms with E-state index in [0.29, 0.717) is 0 Å². The highest BCUT2D eigenvalue weighted by atomic mass is 15.0. The van der Waals surface area contributed by atoms with Crippen molar-refractivity contribution in [1.29, 1.82) is 0 Å². The Hall–Kier alpha value is -3.14. The quantitative estimate of drug-likeness (QED) is 0.480. The van der Waals surface area contributed by atoms with Crippen molar-refractivity contribution in [1.82, 2.24) is 15.0 Å². The summed E-state index contributed by atoms with van der Waals surface area (Å²) in [5.41, 5.74) is 8.46. The fraction of sp³-hybridized carbons (Fsp3) is 0.250. The fourth-order valence-corrected chi connectivity index (χ4v) is 3.92. The predicted molar refractivity (Wildman–Crippen MR) is 113 cm³/mol. The summed E-state index contributed by atoms with van der Waals surface area (Å²) >= 11 is 0. The van der Waals surface area contributed by atoms with Crippen LogP contribution < -0.4 is 4.57 Å². The average molecular weight is 369 g/mol. The van der Waals surface area contributed by atoms with Gasteiger partial charge in [0.15, 0.2) is 5.82 Å². The van der Waals surface area contributed by atoms with Gasteiger partial charge in [-0.25, -0.2) is 15.0 Å². The molecule has 0 spiro atoms. The largest absolute Gasteiger partial charge is 0.219 e. The predicted octanol–water partition coefficient (Wildman–Crippen LogP) is 4.73. The van der Waals surface area contributed by atoms with E-state index in [1.807, 2.05) is 13.8 Å². The van der Waals surface area contributed by atoms with Crippen molar-refractivity contribution in [2.75, 3.05) is 0 Å². The molecule has 4 rings (SSSR count). The first-order chi connectivity index (χ1) is 13.3. The molecule has 4 heteroatoms. The van der Waals surface area contributed by atoms with Crippen LogP contribution in [0.15, 0.2) is 42.5 Å². The lowest BCUT2D eigenvalue weighted by Crippen LogP contribution is -2.32. The summed E-state index contributed by atoms with van der Waals surface area (Å²) in [5.74, 6) is 2.21. The second-order valence-corrected chi connectivity index (χ2v) is 7.53. The van der Waals surface area contributed by atoms with Gasteiger partial charge in [-0.2, -0.15) is 4.57 Å². The fourth-order valence-electron chi connectivity index (χ4n) is 3.92. The van der Waals surface area contributed by atoms with Gasteiger partial charge in [0, 0.05) is 23.3 Å². The third-order valence-electron chi connectivity index (χ3n) is 5.39. The van der Waals surface area contributed by atoms with Gasteiger partial charge < -0.3 is 0 Å². The molecular weight excluding hydrogens is 344 g/mol. The molecule has 2 aromatic carbocycles. The molecule has 2 heterocycles. The van der Waals surface area contributed by atoms with Crippen LogP contribution >= 0.6 is 0 Å². The monoisotopic (exact) mass is 369 g/mol.